The number of phenolic OH excluding ortho intramolecular Hbond substituents is 1. The van der Waals surface area contributed by atoms with Crippen molar-refractivity contribution in [3.63, 3.8) is 0 Å². The quantitative estimate of drug-likeness (QED) is 0.314. The van der Waals surface area contributed by atoms with Crippen molar-refractivity contribution in [2.75, 3.05) is 12.1 Å². The van der Waals surface area contributed by atoms with Crippen LogP contribution in [0.4, 0.5) is 5.13 Å². The van der Waals surface area contributed by atoms with Crippen LogP contribution in [0.3, 0.4) is 0 Å². The second-order valence-electron chi connectivity index (χ2n) is 8.04. The number of furan rings is 1. The van der Waals surface area contributed by atoms with Gasteiger partial charge in [0.25, 0.3) is 0 Å². The standard InChI is InChI=1S/C27H21N3O3S/c1-32-26-19-12-13-33-24(19)15-23(31)25(26)20-14-22(18-10-6-3-7-11-18)30(29-20)27-28-21(16-34-27)17-8-4-2-5-9-17/h2-13,15-16,22,31H,14H2,1H3. The van der Waals surface area contributed by atoms with Crippen LogP contribution in [-0.4, -0.2) is 22.9 Å². The van der Waals surface area contributed by atoms with Crippen molar-refractivity contribution in [2.24, 2.45) is 5.10 Å². The number of hydrogen-bond donors (Lipinski definition) is 1. The molecule has 0 aliphatic carbocycles. The van der Waals surface area contributed by atoms with E-state index in [1.54, 1.807) is 30.8 Å². The number of nitrogens with zero attached hydrogens (tertiary/aromatic N) is 3. The fraction of sp³-hybridized carbons (Fsp3) is 0.111. The Kier molecular flexibility index (Phi) is 5.04. The van der Waals surface area contributed by atoms with Crippen LogP contribution in [0.25, 0.3) is 22.2 Å². The molecule has 2 aromatic heterocycles. The molecule has 0 fully saturated rings. The Bertz CT molecular complexity index is 1490. The molecule has 0 saturated heterocycles. The SMILES string of the molecule is COc1c(C2=NN(c3nc(-c4ccccc4)cs3)C(c3ccccc3)C2)c(O)cc2occc12. The fourth-order valence-electron chi connectivity index (χ4n) is 4.44. The average molecular weight is 468 g/mol. The van der Waals surface area contributed by atoms with Crippen LogP contribution < -0.4 is 9.75 Å². The number of ether oxygens (including phenoxy) is 1. The lowest BCUT2D eigenvalue weighted by Crippen LogP contribution is -2.18. The van der Waals surface area contributed by atoms with E-state index in [1.807, 2.05) is 47.5 Å². The van der Waals surface area contributed by atoms with Gasteiger partial charge in [0, 0.05) is 23.4 Å². The van der Waals surface area contributed by atoms with Crippen molar-refractivity contribution in [2.45, 2.75) is 12.5 Å². The second kappa shape index (κ2) is 8.35. The zero-order valence-corrected chi connectivity index (χ0v) is 19.2. The molecule has 1 aliphatic heterocycles. The normalized spacial score (nSPS) is 15.6. The first-order chi connectivity index (χ1) is 16.7. The van der Waals surface area contributed by atoms with E-state index >= 15 is 0 Å². The molecule has 1 unspecified atom stereocenters. The first-order valence-electron chi connectivity index (χ1n) is 10.9. The Hall–Kier alpha value is -4.10. The predicted octanol–water partition coefficient (Wildman–Crippen LogP) is 6.63. The fourth-order valence-corrected chi connectivity index (χ4v) is 5.28. The Morgan fingerprint density at radius 1 is 1.06 bits per heavy atom. The first-order valence-corrected chi connectivity index (χ1v) is 11.8. The van der Waals surface area contributed by atoms with E-state index in [9.17, 15) is 5.11 Å². The molecule has 5 aromatic rings. The number of methoxy groups -OCH3 is 1. The number of hydrazone groups is 1. The smallest absolute Gasteiger partial charge is 0.207 e. The minimum Gasteiger partial charge on any atom is -0.507 e. The molecule has 1 atom stereocenters. The number of thiazole rings is 1. The van der Waals surface area contributed by atoms with Gasteiger partial charge in [0.05, 0.1) is 41.8 Å². The monoisotopic (exact) mass is 467 g/mol. The maximum Gasteiger partial charge on any atom is 0.207 e. The summed E-state index contributed by atoms with van der Waals surface area (Å²) >= 11 is 1.55. The summed E-state index contributed by atoms with van der Waals surface area (Å²) in [7, 11) is 1.60. The van der Waals surface area contributed by atoms with Gasteiger partial charge >= 0.3 is 0 Å². The molecule has 0 bridgehead atoms. The molecule has 3 heterocycles. The van der Waals surface area contributed by atoms with Crippen LogP contribution in [0.2, 0.25) is 0 Å². The van der Waals surface area contributed by atoms with Gasteiger partial charge in [-0.2, -0.15) is 5.10 Å². The molecule has 168 valence electrons. The van der Waals surface area contributed by atoms with Crippen molar-refractivity contribution in [1.82, 2.24) is 4.98 Å². The van der Waals surface area contributed by atoms with E-state index < -0.39 is 0 Å². The summed E-state index contributed by atoms with van der Waals surface area (Å²) < 4.78 is 11.2. The summed E-state index contributed by atoms with van der Waals surface area (Å²) in [5.41, 5.74) is 4.99. The Labute approximate surface area is 200 Å². The van der Waals surface area contributed by atoms with Crippen LogP contribution in [0.5, 0.6) is 11.5 Å². The molecular formula is C27H21N3O3S. The highest BCUT2D eigenvalue weighted by molar-refractivity contribution is 7.14. The molecule has 1 N–H and O–H groups in total. The predicted molar refractivity (Wildman–Crippen MR) is 135 cm³/mol. The third kappa shape index (κ3) is 3.41. The van der Waals surface area contributed by atoms with Gasteiger partial charge in [-0.25, -0.2) is 9.99 Å². The van der Waals surface area contributed by atoms with E-state index in [0.717, 1.165) is 33.1 Å². The minimum absolute atomic E-state index is 0.0601. The number of hydrogen-bond acceptors (Lipinski definition) is 7. The van der Waals surface area contributed by atoms with E-state index in [4.69, 9.17) is 19.2 Å². The summed E-state index contributed by atoms with van der Waals surface area (Å²) in [5, 5.41) is 21.5. The van der Waals surface area contributed by atoms with Gasteiger partial charge in [-0.05, 0) is 11.6 Å². The molecule has 7 heteroatoms. The van der Waals surface area contributed by atoms with Crippen LogP contribution in [0.15, 0.2) is 94.0 Å². The highest BCUT2D eigenvalue weighted by atomic mass is 32.1. The van der Waals surface area contributed by atoms with Crippen LogP contribution in [0, 0.1) is 0 Å². The number of anilines is 1. The minimum atomic E-state index is -0.0601. The number of rotatable bonds is 5. The van der Waals surface area contributed by atoms with Crippen LogP contribution in [-0.2, 0) is 0 Å². The lowest BCUT2D eigenvalue weighted by Gasteiger charge is -2.21. The number of aromatic nitrogens is 1. The van der Waals surface area contributed by atoms with E-state index in [-0.39, 0.29) is 11.8 Å². The van der Waals surface area contributed by atoms with Gasteiger partial charge in [-0.1, -0.05) is 60.7 Å². The lowest BCUT2D eigenvalue weighted by atomic mass is 9.96. The average Bonchev–Trinajstić information content (AvgIpc) is 3.63. The molecule has 6 nitrogen and oxygen atoms in total. The molecular weight excluding hydrogens is 446 g/mol. The molecule has 6 rings (SSSR count). The Morgan fingerprint density at radius 2 is 1.82 bits per heavy atom. The van der Waals surface area contributed by atoms with Crippen molar-refractivity contribution in [1.29, 1.82) is 0 Å². The van der Waals surface area contributed by atoms with E-state index in [0.29, 0.717) is 23.3 Å². The number of phenols is 1. The molecule has 0 radical (unpaired) electrons. The molecule has 0 saturated carbocycles. The van der Waals surface area contributed by atoms with E-state index in [2.05, 4.69) is 29.6 Å². The van der Waals surface area contributed by atoms with Gasteiger partial charge in [0.1, 0.15) is 17.1 Å². The first kappa shape index (κ1) is 20.5. The van der Waals surface area contributed by atoms with Crippen molar-refractivity contribution in [3.05, 3.63) is 95.6 Å². The Balaban J connectivity index is 1.47. The zero-order valence-electron chi connectivity index (χ0n) is 18.4. The van der Waals surface area contributed by atoms with Crippen molar-refractivity contribution < 1.29 is 14.3 Å². The summed E-state index contributed by atoms with van der Waals surface area (Å²) in [6.07, 6.45) is 2.18. The Morgan fingerprint density at radius 3 is 2.59 bits per heavy atom. The van der Waals surface area contributed by atoms with Gasteiger partial charge in [0.2, 0.25) is 5.13 Å². The van der Waals surface area contributed by atoms with Crippen LogP contribution in [0.1, 0.15) is 23.6 Å². The maximum atomic E-state index is 10.9. The summed E-state index contributed by atoms with van der Waals surface area (Å²) in [6, 6.07) is 23.8. The largest absolute Gasteiger partial charge is 0.507 e. The highest BCUT2D eigenvalue weighted by Gasteiger charge is 2.34. The van der Waals surface area contributed by atoms with Gasteiger partial charge in [-0.3, -0.25) is 0 Å². The van der Waals surface area contributed by atoms with Gasteiger partial charge < -0.3 is 14.3 Å². The summed E-state index contributed by atoms with van der Waals surface area (Å²) in [4.78, 5) is 4.90. The molecule has 34 heavy (non-hydrogen) atoms. The summed E-state index contributed by atoms with van der Waals surface area (Å²) in [6.45, 7) is 0. The van der Waals surface area contributed by atoms with Crippen molar-refractivity contribution >= 4 is 33.1 Å². The zero-order chi connectivity index (χ0) is 23.1. The van der Waals surface area contributed by atoms with E-state index in [1.165, 1.54) is 0 Å². The summed E-state index contributed by atoms with van der Waals surface area (Å²) in [5.74, 6) is 0.635. The lowest BCUT2D eigenvalue weighted by molar-refractivity contribution is 0.411. The third-order valence-corrected chi connectivity index (χ3v) is 6.87. The van der Waals surface area contributed by atoms with Crippen molar-refractivity contribution in [3.8, 4) is 22.8 Å². The third-order valence-electron chi connectivity index (χ3n) is 6.04. The van der Waals surface area contributed by atoms with Gasteiger partial charge in [0.15, 0.2) is 0 Å². The van der Waals surface area contributed by atoms with Crippen LogP contribution >= 0.6 is 11.3 Å². The molecule has 0 spiro atoms. The maximum absolute atomic E-state index is 10.9. The number of fused-ring (bicyclic) bond motifs is 1. The van der Waals surface area contributed by atoms with Gasteiger partial charge in [-0.15, -0.1) is 11.3 Å². The molecule has 3 aromatic carbocycles. The topological polar surface area (TPSA) is 71.1 Å². The highest BCUT2D eigenvalue weighted by Crippen LogP contribution is 2.44. The molecule has 1 aliphatic rings. The number of benzene rings is 3. The molecule has 0 amide bonds. The second-order valence-corrected chi connectivity index (χ2v) is 8.88. The number of aromatic hydroxyl groups is 1.